The van der Waals surface area contributed by atoms with Crippen LogP contribution in [0.3, 0.4) is 0 Å². The molecular formula is C18H22FN2O4+. The van der Waals surface area contributed by atoms with Gasteiger partial charge in [-0.25, -0.2) is 9.18 Å². The summed E-state index contributed by atoms with van der Waals surface area (Å²) in [6.07, 6.45) is 0. The summed E-state index contributed by atoms with van der Waals surface area (Å²) in [6.45, 7) is 5.54. The molecule has 2 fully saturated rings. The van der Waals surface area contributed by atoms with Crippen LogP contribution in [0.1, 0.15) is 32.4 Å². The van der Waals surface area contributed by atoms with E-state index in [1.54, 1.807) is 38.2 Å². The highest BCUT2D eigenvalue weighted by Crippen LogP contribution is 2.44. The van der Waals surface area contributed by atoms with Crippen LogP contribution >= 0.6 is 0 Å². The molecule has 0 aliphatic carbocycles. The second-order valence-corrected chi connectivity index (χ2v) is 6.67. The standard InChI is InChI=1S/C18H21FN2O4/c1-4-21-15(22)12-13(16(21)23)18(3,17(24)25-5-2)20-14(12)10-6-8-11(19)9-7-10/h6-9,12-14,20H,4-5H2,1-3H3/p+1/t12-,13+,14-,18+/m0/s1. The number of fused-ring (bicyclic) bond motifs is 1. The van der Waals surface area contributed by atoms with Gasteiger partial charge in [0.2, 0.25) is 17.4 Å². The molecule has 3 rings (SSSR count). The van der Waals surface area contributed by atoms with Gasteiger partial charge in [-0.05, 0) is 26.0 Å². The fourth-order valence-corrected chi connectivity index (χ4v) is 4.11. The van der Waals surface area contributed by atoms with E-state index in [9.17, 15) is 18.8 Å². The fourth-order valence-electron chi connectivity index (χ4n) is 4.11. The summed E-state index contributed by atoms with van der Waals surface area (Å²) < 4.78 is 18.4. The maximum atomic E-state index is 13.3. The van der Waals surface area contributed by atoms with Gasteiger partial charge in [-0.1, -0.05) is 12.1 Å². The number of esters is 1. The number of nitrogens with two attached hydrogens (primary N) is 1. The number of quaternary nitrogens is 1. The van der Waals surface area contributed by atoms with Crippen LogP contribution in [0.15, 0.2) is 24.3 Å². The van der Waals surface area contributed by atoms with Gasteiger partial charge in [0.05, 0.1) is 6.61 Å². The Balaban J connectivity index is 2.07. The number of imide groups is 1. The molecule has 2 N–H and O–H groups in total. The van der Waals surface area contributed by atoms with Crippen molar-refractivity contribution in [3.8, 4) is 0 Å². The zero-order chi connectivity index (χ0) is 18.4. The van der Waals surface area contributed by atoms with Crippen molar-refractivity contribution in [1.29, 1.82) is 0 Å². The van der Waals surface area contributed by atoms with Crippen molar-refractivity contribution in [3.63, 3.8) is 0 Å². The first-order chi connectivity index (χ1) is 11.8. The van der Waals surface area contributed by atoms with Crippen molar-refractivity contribution >= 4 is 17.8 Å². The molecule has 1 aromatic carbocycles. The second kappa shape index (κ2) is 6.22. The van der Waals surface area contributed by atoms with Crippen LogP contribution in [-0.4, -0.2) is 41.4 Å². The minimum Gasteiger partial charge on any atom is -0.461 e. The lowest BCUT2D eigenvalue weighted by Crippen LogP contribution is -2.97. The smallest absolute Gasteiger partial charge is 0.368 e. The van der Waals surface area contributed by atoms with Crippen molar-refractivity contribution in [3.05, 3.63) is 35.6 Å². The van der Waals surface area contributed by atoms with Gasteiger partial charge in [-0.2, -0.15) is 0 Å². The SMILES string of the molecule is CCOC(=O)[C@]1(C)[NH2+][C@@H](c2ccc(F)cc2)[C@H]2C(=O)N(CC)C(=O)[C@@H]21. The van der Waals surface area contributed by atoms with Crippen LogP contribution < -0.4 is 5.32 Å². The van der Waals surface area contributed by atoms with Crippen LogP contribution in [0.25, 0.3) is 0 Å². The number of halogens is 1. The summed E-state index contributed by atoms with van der Waals surface area (Å²) in [7, 11) is 0. The van der Waals surface area contributed by atoms with Crippen molar-refractivity contribution in [2.24, 2.45) is 11.8 Å². The van der Waals surface area contributed by atoms with Gasteiger partial charge in [0, 0.05) is 19.0 Å². The first-order valence-electron chi connectivity index (χ1n) is 8.49. The third kappa shape index (κ3) is 2.54. The molecule has 0 spiro atoms. The molecule has 1 aromatic rings. The van der Waals surface area contributed by atoms with Crippen LogP contribution in [0.5, 0.6) is 0 Å². The Morgan fingerprint density at radius 1 is 1.24 bits per heavy atom. The number of carbonyl (C=O) groups excluding carboxylic acids is 3. The zero-order valence-electron chi connectivity index (χ0n) is 14.5. The first kappa shape index (κ1) is 17.5. The number of carbonyl (C=O) groups is 3. The number of likely N-dealkylation sites (tertiary alicyclic amines) is 1. The predicted octanol–water partition coefficient (Wildman–Crippen LogP) is 0.387. The molecule has 2 aliphatic heterocycles. The van der Waals surface area contributed by atoms with Crippen molar-refractivity contribution in [2.45, 2.75) is 32.4 Å². The molecule has 2 saturated heterocycles. The predicted molar refractivity (Wildman–Crippen MR) is 85.5 cm³/mol. The number of ether oxygens (including phenoxy) is 1. The molecule has 25 heavy (non-hydrogen) atoms. The van der Waals surface area contributed by atoms with E-state index < -0.39 is 29.4 Å². The van der Waals surface area contributed by atoms with Crippen LogP contribution in [0.2, 0.25) is 0 Å². The lowest BCUT2D eigenvalue weighted by atomic mass is 9.80. The highest BCUT2D eigenvalue weighted by Gasteiger charge is 2.70. The molecule has 2 heterocycles. The van der Waals surface area contributed by atoms with Crippen LogP contribution in [0, 0.1) is 17.7 Å². The molecule has 134 valence electrons. The summed E-state index contributed by atoms with van der Waals surface area (Å²) in [4.78, 5) is 39.4. The summed E-state index contributed by atoms with van der Waals surface area (Å²) in [6, 6.07) is 5.38. The average molecular weight is 349 g/mol. The Labute approximate surface area is 145 Å². The first-order valence-corrected chi connectivity index (χ1v) is 8.49. The topological polar surface area (TPSA) is 80.3 Å². The highest BCUT2D eigenvalue weighted by molar-refractivity contribution is 6.08. The maximum Gasteiger partial charge on any atom is 0.368 e. The van der Waals surface area contributed by atoms with E-state index in [-0.39, 0.29) is 30.8 Å². The highest BCUT2D eigenvalue weighted by atomic mass is 19.1. The Kier molecular flexibility index (Phi) is 4.36. The van der Waals surface area contributed by atoms with Gasteiger partial charge in [0.25, 0.3) is 0 Å². The molecule has 0 aromatic heterocycles. The Hall–Kier alpha value is -2.28. The number of rotatable bonds is 4. The average Bonchev–Trinajstić information content (AvgIpc) is 3.03. The van der Waals surface area contributed by atoms with Gasteiger partial charge in [-0.15, -0.1) is 0 Å². The summed E-state index contributed by atoms with van der Waals surface area (Å²) >= 11 is 0. The molecule has 0 bridgehead atoms. The number of hydrogen-bond donors (Lipinski definition) is 1. The van der Waals surface area contributed by atoms with E-state index in [0.29, 0.717) is 5.56 Å². The molecule has 2 amide bonds. The molecule has 4 atom stereocenters. The van der Waals surface area contributed by atoms with Gasteiger partial charge < -0.3 is 10.1 Å². The normalized spacial score (nSPS) is 31.4. The monoisotopic (exact) mass is 349 g/mol. The molecule has 0 saturated carbocycles. The van der Waals surface area contributed by atoms with E-state index in [1.165, 1.54) is 17.0 Å². The second-order valence-electron chi connectivity index (χ2n) is 6.67. The summed E-state index contributed by atoms with van der Waals surface area (Å²) in [5.41, 5.74) is -0.473. The molecule has 6 nitrogen and oxygen atoms in total. The Bertz CT molecular complexity index is 720. The molecular weight excluding hydrogens is 327 g/mol. The number of nitrogens with zero attached hydrogens (tertiary/aromatic N) is 1. The minimum atomic E-state index is -1.18. The Morgan fingerprint density at radius 3 is 2.44 bits per heavy atom. The third-order valence-corrected chi connectivity index (χ3v) is 5.29. The summed E-state index contributed by atoms with van der Waals surface area (Å²) in [5.74, 6) is -2.95. The van der Waals surface area contributed by atoms with E-state index in [2.05, 4.69) is 0 Å². The van der Waals surface area contributed by atoms with Crippen molar-refractivity contribution < 1.29 is 28.8 Å². The lowest BCUT2D eigenvalue weighted by molar-refractivity contribution is -0.731. The van der Waals surface area contributed by atoms with Crippen molar-refractivity contribution in [2.75, 3.05) is 13.2 Å². The quantitative estimate of drug-likeness (QED) is 0.630. The van der Waals surface area contributed by atoms with Gasteiger partial charge in [0.15, 0.2) is 0 Å². The zero-order valence-corrected chi connectivity index (χ0v) is 14.5. The number of amides is 2. The van der Waals surface area contributed by atoms with E-state index in [0.717, 1.165) is 0 Å². The van der Waals surface area contributed by atoms with Crippen LogP contribution in [0.4, 0.5) is 4.39 Å². The fraction of sp³-hybridized carbons (Fsp3) is 0.500. The third-order valence-electron chi connectivity index (χ3n) is 5.29. The van der Waals surface area contributed by atoms with Gasteiger partial charge in [-0.3, -0.25) is 14.5 Å². The van der Waals surface area contributed by atoms with Crippen molar-refractivity contribution in [1.82, 2.24) is 4.90 Å². The number of hydrogen-bond acceptors (Lipinski definition) is 4. The minimum absolute atomic E-state index is 0.195. The van der Waals surface area contributed by atoms with Gasteiger partial charge in [0.1, 0.15) is 23.7 Å². The van der Waals surface area contributed by atoms with E-state index in [4.69, 9.17) is 4.74 Å². The van der Waals surface area contributed by atoms with Gasteiger partial charge >= 0.3 is 5.97 Å². The largest absolute Gasteiger partial charge is 0.461 e. The molecule has 2 aliphatic rings. The number of benzene rings is 1. The van der Waals surface area contributed by atoms with E-state index >= 15 is 0 Å². The summed E-state index contributed by atoms with van der Waals surface area (Å²) in [5, 5.41) is 1.73. The maximum absolute atomic E-state index is 13.3. The molecule has 7 heteroatoms. The lowest BCUT2D eigenvalue weighted by Gasteiger charge is -2.25. The molecule has 0 unspecified atom stereocenters. The Morgan fingerprint density at radius 2 is 1.88 bits per heavy atom. The molecule has 0 radical (unpaired) electrons. The van der Waals surface area contributed by atoms with E-state index in [1.807, 2.05) is 0 Å². The van der Waals surface area contributed by atoms with Crippen LogP contribution in [-0.2, 0) is 19.1 Å².